The van der Waals surface area contributed by atoms with Crippen LogP contribution in [0.2, 0.25) is 10.0 Å². The summed E-state index contributed by atoms with van der Waals surface area (Å²) in [6, 6.07) is 11.5. The lowest BCUT2D eigenvalue weighted by atomic mass is 9.85. The fourth-order valence-corrected chi connectivity index (χ4v) is 8.47. The zero-order valence-corrected chi connectivity index (χ0v) is 31.5. The Balaban J connectivity index is 0.00000187. The Morgan fingerprint density at radius 2 is 1.78 bits per heavy atom. The van der Waals surface area contributed by atoms with Crippen LogP contribution in [0.25, 0.3) is 0 Å². The Hall–Kier alpha value is -4.77. The topological polar surface area (TPSA) is 153 Å². The molecule has 3 aliphatic rings. The average molecular weight is 827 g/mol. The summed E-state index contributed by atoms with van der Waals surface area (Å²) in [7, 11) is 0. The zero-order chi connectivity index (χ0) is 39.8. The van der Waals surface area contributed by atoms with Crippen LogP contribution in [0.4, 0.5) is 23.7 Å². The summed E-state index contributed by atoms with van der Waals surface area (Å²) < 4.78 is 58.7. The Kier molecular flexibility index (Phi) is 14.1. The third-order valence-electron chi connectivity index (χ3n) is 9.26. The molecule has 0 unspecified atom stereocenters. The summed E-state index contributed by atoms with van der Waals surface area (Å²) >= 11 is 13.8. The molecule has 2 aromatic carbocycles. The number of carboxylic acid groups (broad SMARTS) is 2. The van der Waals surface area contributed by atoms with E-state index >= 15 is 4.39 Å². The second kappa shape index (κ2) is 18.7. The van der Waals surface area contributed by atoms with E-state index in [0.717, 1.165) is 42.2 Å². The molecule has 0 saturated carbocycles. The fourth-order valence-electron chi connectivity index (χ4n) is 6.82. The van der Waals surface area contributed by atoms with Crippen molar-refractivity contribution in [3.63, 3.8) is 0 Å². The van der Waals surface area contributed by atoms with Gasteiger partial charge in [-0.2, -0.15) is 8.78 Å². The molecule has 2 bridgehead atoms. The van der Waals surface area contributed by atoms with E-state index in [1.54, 1.807) is 19.1 Å². The molecule has 12 nitrogen and oxygen atoms in total. The summed E-state index contributed by atoms with van der Waals surface area (Å²) in [5.41, 5.74) is 0.927. The van der Waals surface area contributed by atoms with Gasteiger partial charge in [0.05, 0.1) is 29.7 Å². The third kappa shape index (κ3) is 10.1. The van der Waals surface area contributed by atoms with E-state index < -0.39 is 30.4 Å². The number of halogens is 5. The second-order valence-electron chi connectivity index (χ2n) is 12.6. The van der Waals surface area contributed by atoms with Gasteiger partial charge in [-0.05, 0) is 86.7 Å². The van der Waals surface area contributed by atoms with Crippen molar-refractivity contribution in [3.8, 4) is 11.5 Å². The van der Waals surface area contributed by atoms with E-state index in [1.165, 1.54) is 48.8 Å². The highest BCUT2D eigenvalue weighted by atomic mass is 35.5. The molecule has 2 aromatic heterocycles. The maximum atomic E-state index is 15.3. The Morgan fingerprint density at radius 3 is 2.36 bits per heavy atom. The first-order valence-corrected chi connectivity index (χ1v) is 18.6. The van der Waals surface area contributed by atoms with Gasteiger partial charge in [0.2, 0.25) is 12.4 Å². The Morgan fingerprint density at radius 1 is 1.11 bits per heavy atom. The smallest absolute Gasteiger partial charge is 0.415 e. The van der Waals surface area contributed by atoms with Crippen LogP contribution >= 0.6 is 34.5 Å². The molecule has 5 heterocycles. The molecule has 18 heteroatoms. The van der Waals surface area contributed by atoms with Crippen LogP contribution in [0.5, 0.6) is 11.5 Å². The van der Waals surface area contributed by atoms with Gasteiger partial charge in [-0.3, -0.25) is 19.8 Å². The normalized spacial score (nSPS) is 17.8. The molecule has 3 saturated heterocycles. The van der Waals surface area contributed by atoms with Gasteiger partial charge in [0.15, 0.2) is 11.5 Å². The van der Waals surface area contributed by atoms with Gasteiger partial charge in [0, 0.05) is 27.6 Å². The molecule has 294 valence electrons. The highest BCUT2D eigenvalue weighted by Gasteiger charge is 2.38. The summed E-state index contributed by atoms with van der Waals surface area (Å²) in [5.74, 6) is -3.13. The van der Waals surface area contributed by atoms with Crippen molar-refractivity contribution in [2.24, 2.45) is 5.92 Å². The molecule has 7 rings (SSSR count). The van der Waals surface area contributed by atoms with Crippen LogP contribution in [0, 0.1) is 11.7 Å². The number of hydrogen-bond donors (Lipinski definition) is 2. The summed E-state index contributed by atoms with van der Waals surface area (Å²) in [4.78, 5) is 38.5. The van der Waals surface area contributed by atoms with E-state index in [9.17, 15) is 28.7 Å². The van der Waals surface area contributed by atoms with E-state index in [4.69, 9.17) is 42.6 Å². The maximum absolute atomic E-state index is 15.3. The van der Waals surface area contributed by atoms with Crippen molar-refractivity contribution in [2.75, 3.05) is 31.1 Å². The predicted octanol–water partition coefficient (Wildman–Crippen LogP) is 6.40. The SMILES string of the molecule is CCOc1cc([C@H](Cc2c(Cl)c[n+](O)cc2Cl)c2cc(CN(C(=O)O[C@H]3CN4CCC3CC4)c3ccccc3F)sc2C(=O)[O-])ccc1OC(F)F.O=CO. The standard InChI is InChI=1S/C36H34Cl2F3N3O7S.CH2O2/c1-2-49-31-13-21(7-8-30(31)50-35(40)41)23(15-25-26(37)17-43(48)18-27(25)38)24-14-22(52-33(24)34(45)46)16-44(29-6-4-3-5-28(29)39)36(47)51-32-19-42-11-9-20(32)10-12-42;2-1-3/h3-8,13-14,17-18,20,23,32,35H,2,9-12,15-16,19H2,1H3,(H-,45,46,48);1H,(H,2,3)/t23-,32-;/m0./s1. The molecule has 2 atom stereocenters. The largest absolute Gasteiger partial charge is 0.544 e. The van der Waals surface area contributed by atoms with Crippen LogP contribution in [0.3, 0.4) is 0 Å². The number of para-hydroxylation sites is 1. The van der Waals surface area contributed by atoms with Crippen molar-refractivity contribution in [2.45, 2.75) is 51.4 Å². The number of benzene rings is 2. The first-order valence-electron chi connectivity index (χ1n) is 17.0. The van der Waals surface area contributed by atoms with E-state index in [0.29, 0.717) is 27.3 Å². The fraction of sp³-hybridized carbons (Fsp3) is 0.351. The lowest BCUT2D eigenvalue weighted by molar-refractivity contribution is -0.904. The number of ether oxygens (including phenoxy) is 3. The lowest BCUT2D eigenvalue weighted by Crippen LogP contribution is -2.53. The second-order valence-corrected chi connectivity index (χ2v) is 14.5. The minimum atomic E-state index is -3.13. The van der Waals surface area contributed by atoms with Gasteiger partial charge >= 0.3 is 12.7 Å². The maximum Gasteiger partial charge on any atom is 0.415 e. The van der Waals surface area contributed by atoms with Crippen LogP contribution in [-0.4, -0.2) is 72.7 Å². The quantitative estimate of drug-likeness (QED) is 0.0881. The average Bonchev–Trinajstić information content (AvgIpc) is 3.56. The first-order chi connectivity index (χ1) is 26.3. The molecule has 0 radical (unpaired) electrons. The number of alkyl halides is 2. The molecular weight excluding hydrogens is 790 g/mol. The number of aromatic nitrogens is 1. The predicted molar refractivity (Wildman–Crippen MR) is 193 cm³/mol. The Labute approximate surface area is 327 Å². The number of carboxylic acids is 1. The highest BCUT2D eigenvalue weighted by Crippen LogP contribution is 2.42. The first kappa shape index (κ1) is 41.4. The summed E-state index contributed by atoms with van der Waals surface area (Å²) in [5, 5.41) is 29.7. The number of nitrogens with zero attached hydrogens (tertiary/aromatic N) is 3. The molecule has 4 aromatic rings. The molecule has 3 fully saturated rings. The van der Waals surface area contributed by atoms with E-state index in [-0.39, 0.29) is 75.7 Å². The Bertz CT molecular complexity index is 1980. The van der Waals surface area contributed by atoms with Gasteiger partial charge in [0.1, 0.15) is 22.0 Å². The van der Waals surface area contributed by atoms with Crippen LogP contribution in [0.15, 0.2) is 60.9 Å². The van der Waals surface area contributed by atoms with Crippen molar-refractivity contribution in [3.05, 3.63) is 103 Å². The van der Waals surface area contributed by atoms with E-state index in [2.05, 4.69) is 9.64 Å². The summed E-state index contributed by atoms with van der Waals surface area (Å²) in [6.07, 6.45) is 3.00. The number of hydrogen-bond acceptors (Lipinski definition) is 10. The molecule has 0 spiro atoms. The van der Waals surface area contributed by atoms with Gasteiger partial charge < -0.3 is 29.2 Å². The minimum absolute atomic E-state index is 0.0181. The number of piperidine rings is 3. The lowest BCUT2D eigenvalue weighted by Gasteiger charge is -2.44. The minimum Gasteiger partial charge on any atom is -0.544 e. The molecule has 2 N–H and O–H groups in total. The highest BCUT2D eigenvalue weighted by molar-refractivity contribution is 7.14. The number of anilines is 1. The monoisotopic (exact) mass is 825 g/mol. The number of thiophene rings is 1. The van der Waals surface area contributed by atoms with Gasteiger partial charge in [-0.1, -0.05) is 41.4 Å². The zero-order valence-electron chi connectivity index (χ0n) is 29.2. The van der Waals surface area contributed by atoms with Gasteiger partial charge in [0.25, 0.3) is 6.47 Å². The number of amides is 1. The van der Waals surface area contributed by atoms with Crippen molar-refractivity contribution >= 4 is 58.8 Å². The number of aromatic carboxylic acids is 1. The van der Waals surface area contributed by atoms with Crippen molar-refractivity contribution < 1.29 is 61.9 Å². The number of rotatable bonds is 13. The number of fused-ring (bicyclic) bond motifs is 3. The van der Waals surface area contributed by atoms with Crippen LogP contribution in [0.1, 0.15) is 56.9 Å². The van der Waals surface area contributed by atoms with E-state index in [1.807, 2.05) is 0 Å². The van der Waals surface area contributed by atoms with Crippen LogP contribution < -0.4 is 24.2 Å². The number of carbonyl (C=O) groups is 3. The number of carbonyl (C=O) groups excluding carboxylic acids is 2. The molecular formula is C37H36Cl2F3N3O9S. The molecule has 0 aliphatic carbocycles. The van der Waals surface area contributed by atoms with Gasteiger partial charge in [-0.15, -0.1) is 11.3 Å². The number of pyridine rings is 1. The van der Waals surface area contributed by atoms with Crippen molar-refractivity contribution in [1.82, 2.24) is 4.90 Å². The molecule has 55 heavy (non-hydrogen) atoms. The van der Waals surface area contributed by atoms with Gasteiger partial charge in [-0.25, -0.2) is 9.18 Å². The molecule has 3 aliphatic heterocycles. The van der Waals surface area contributed by atoms with Crippen LogP contribution in [-0.2, 0) is 22.5 Å². The van der Waals surface area contributed by atoms with Crippen molar-refractivity contribution in [1.29, 1.82) is 0 Å². The molecule has 1 amide bonds. The summed E-state index contributed by atoms with van der Waals surface area (Å²) in [6.45, 7) is 0.560. The third-order valence-corrected chi connectivity index (χ3v) is 11.0.